The van der Waals surface area contributed by atoms with Crippen molar-refractivity contribution >= 4 is 5.78 Å². The van der Waals surface area contributed by atoms with E-state index in [1.54, 1.807) is 0 Å². The fourth-order valence-corrected chi connectivity index (χ4v) is 4.22. The summed E-state index contributed by atoms with van der Waals surface area (Å²) in [5.74, 6) is 0.392. The SMILES string of the molecule is Cc1cccc(C(=O)C2(N3CCCCC3)CCCC2)c1C. The molecule has 0 radical (unpaired) electrons. The molecule has 2 heteroatoms. The number of likely N-dealkylation sites (tertiary alicyclic amines) is 1. The zero-order valence-corrected chi connectivity index (χ0v) is 13.5. The molecule has 0 atom stereocenters. The molecule has 2 nitrogen and oxygen atoms in total. The highest BCUT2D eigenvalue weighted by Gasteiger charge is 2.46. The van der Waals surface area contributed by atoms with E-state index in [9.17, 15) is 4.79 Å². The fraction of sp³-hybridized carbons (Fsp3) is 0.632. The molecule has 1 saturated carbocycles. The topological polar surface area (TPSA) is 20.3 Å². The quantitative estimate of drug-likeness (QED) is 0.772. The number of piperidine rings is 1. The predicted molar refractivity (Wildman–Crippen MR) is 86.9 cm³/mol. The van der Waals surface area contributed by atoms with Gasteiger partial charge in [0.2, 0.25) is 0 Å². The van der Waals surface area contributed by atoms with E-state index < -0.39 is 0 Å². The van der Waals surface area contributed by atoms with Crippen molar-refractivity contribution in [1.82, 2.24) is 4.90 Å². The molecule has 0 spiro atoms. The van der Waals surface area contributed by atoms with Crippen LogP contribution in [0.2, 0.25) is 0 Å². The van der Waals surface area contributed by atoms with Gasteiger partial charge in [-0.15, -0.1) is 0 Å². The number of Topliss-reactive ketones (excluding diaryl/α,β-unsaturated/α-hetero) is 1. The Labute approximate surface area is 128 Å². The lowest BCUT2D eigenvalue weighted by Gasteiger charge is -2.42. The number of hydrogen-bond acceptors (Lipinski definition) is 2. The number of ketones is 1. The number of hydrogen-bond donors (Lipinski definition) is 0. The highest BCUT2D eigenvalue weighted by Crippen LogP contribution is 2.40. The summed E-state index contributed by atoms with van der Waals surface area (Å²) in [5, 5.41) is 0. The molecule has 0 amide bonds. The number of carbonyl (C=O) groups is 1. The summed E-state index contributed by atoms with van der Waals surface area (Å²) in [7, 11) is 0. The van der Waals surface area contributed by atoms with E-state index in [1.165, 1.54) is 43.2 Å². The van der Waals surface area contributed by atoms with Gasteiger partial charge in [0, 0.05) is 5.56 Å². The van der Waals surface area contributed by atoms with Crippen LogP contribution in [0.25, 0.3) is 0 Å². The van der Waals surface area contributed by atoms with Crippen molar-refractivity contribution in [3.8, 4) is 0 Å². The molecule has 1 aromatic carbocycles. The van der Waals surface area contributed by atoms with Crippen molar-refractivity contribution in [3.05, 3.63) is 34.9 Å². The Hall–Kier alpha value is -1.15. The molecule has 21 heavy (non-hydrogen) atoms. The molecule has 0 unspecified atom stereocenters. The Kier molecular flexibility index (Phi) is 4.17. The van der Waals surface area contributed by atoms with E-state index in [2.05, 4.69) is 24.8 Å². The second kappa shape index (κ2) is 5.92. The lowest BCUT2D eigenvalue weighted by molar-refractivity contribution is 0.0476. The van der Waals surface area contributed by atoms with Crippen LogP contribution in [0.5, 0.6) is 0 Å². The molecular formula is C19H27NO. The van der Waals surface area contributed by atoms with Crippen molar-refractivity contribution in [2.75, 3.05) is 13.1 Å². The van der Waals surface area contributed by atoms with Crippen LogP contribution in [0.3, 0.4) is 0 Å². The highest BCUT2D eigenvalue weighted by molar-refractivity contribution is 6.04. The molecule has 1 heterocycles. The summed E-state index contributed by atoms with van der Waals surface area (Å²) in [6.45, 7) is 6.42. The summed E-state index contributed by atoms with van der Waals surface area (Å²) in [6.07, 6.45) is 8.34. The van der Waals surface area contributed by atoms with Gasteiger partial charge >= 0.3 is 0 Å². The van der Waals surface area contributed by atoms with Gasteiger partial charge in [0.05, 0.1) is 5.54 Å². The van der Waals surface area contributed by atoms with Crippen molar-refractivity contribution in [2.45, 2.75) is 64.3 Å². The van der Waals surface area contributed by atoms with E-state index >= 15 is 0 Å². The molecule has 114 valence electrons. The van der Waals surface area contributed by atoms with Crippen LogP contribution in [0.4, 0.5) is 0 Å². The first kappa shape index (κ1) is 14.8. The van der Waals surface area contributed by atoms with Gasteiger partial charge < -0.3 is 0 Å². The zero-order valence-electron chi connectivity index (χ0n) is 13.5. The average Bonchev–Trinajstić information content (AvgIpc) is 3.01. The maximum Gasteiger partial charge on any atom is 0.183 e. The van der Waals surface area contributed by atoms with Crippen molar-refractivity contribution < 1.29 is 4.79 Å². The Bertz CT molecular complexity index is 522. The van der Waals surface area contributed by atoms with Crippen LogP contribution in [0.15, 0.2) is 18.2 Å². The molecule has 1 aliphatic carbocycles. The van der Waals surface area contributed by atoms with Crippen molar-refractivity contribution in [2.24, 2.45) is 0 Å². The number of carbonyl (C=O) groups excluding carboxylic acids is 1. The summed E-state index contributed by atoms with van der Waals surface area (Å²) in [5.41, 5.74) is 3.17. The van der Waals surface area contributed by atoms with Gasteiger partial charge in [0.15, 0.2) is 5.78 Å². The molecule has 0 aromatic heterocycles. The van der Waals surface area contributed by atoms with Gasteiger partial charge in [-0.05, 0) is 63.7 Å². The Morgan fingerprint density at radius 3 is 2.33 bits per heavy atom. The summed E-state index contributed by atoms with van der Waals surface area (Å²) < 4.78 is 0. The van der Waals surface area contributed by atoms with Gasteiger partial charge in [0.1, 0.15) is 0 Å². The van der Waals surface area contributed by atoms with Gasteiger partial charge in [-0.3, -0.25) is 9.69 Å². The summed E-state index contributed by atoms with van der Waals surface area (Å²) in [6, 6.07) is 6.18. The summed E-state index contributed by atoms with van der Waals surface area (Å²) in [4.78, 5) is 15.9. The second-order valence-electron chi connectivity index (χ2n) is 6.86. The Balaban J connectivity index is 1.96. The first-order valence-corrected chi connectivity index (χ1v) is 8.51. The van der Waals surface area contributed by atoms with Gasteiger partial charge in [-0.1, -0.05) is 37.5 Å². The zero-order chi connectivity index (χ0) is 14.9. The largest absolute Gasteiger partial charge is 0.292 e. The summed E-state index contributed by atoms with van der Waals surface area (Å²) >= 11 is 0. The van der Waals surface area contributed by atoms with E-state index in [-0.39, 0.29) is 5.54 Å². The fourth-order valence-electron chi connectivity index (χ4n) is 4.22. The smallest absolute Gasteiger partial charge is 0.183 e. The first-order chi connectivity index (χ1) is 10.1. The minimum atomic E-state index is -0.195. The average molecular weight is 285 g/mol. The van der Waals surface area contributed by atoms with Crippen LogP contribution in [-0.2, 0) is 0 Å². The van der Waals surface area contributed by atoms with Gasteiger partial charge in [0.25, 0.3) is 0 Å². The number of nitrogens with zero attached hydrogens (tertiary/aromatic N) is 1. The lowest BCUT2D eigenvalue weighted by atomic mass is 9.82. The second-order valence-corrected chi connectivity index (χ2v) is 6.86. The third kappa shape index (κ3) is 2.55. The Morgan fingerprint density at radius 2 is 1.67 bits per heavy atom. The van der Waals surface area contributed by atoms with Crippen LogP contribution < -0.4 is 0 Å². The Morgan fingerprint density at radius 1 is 1.00 bits per heavy atom. The van der Waals surface area contributed by atoms with Crippen LogP contribution in [-0.4, -0.2) is 29.3 Å². The predicted octanol–water partition coefficient (Wildman–Crippen LogP) is 4.28. The number of aryl methyl sites for hydroxylation is 1. The molecule has 2 fully saturated rings. The van der Waals surface area contributed by atoms with Crippen LogP contribution in [0.1, 0.15) is 66.4 Å². The minimum absolute atomic E-state index is 0.195. The molecule has 1 saturated heterocycles. The highest BCUT2D eigenvalue weighted by atomic mass is 16.1. The molecule has 0 bridgehead atoms. The van der Waals surface area contributed by atoms with Gasteiger partial charge in [-0.25, -0.2) is 0 Å². The standard InChI is InChI=1S/C19H27NO/c1-15-9-8-10-17(16(15)2)18(21)19(11-4-5-12-19)20-13-6-3-7-14-20/h8-10H,3-7,11-14H2,1-2H3. The lowest BCUT2D eigenvalue weighted by Crippen LogP contribution is -2.54. The molecular weight excluding hydrogens is 258 g/mol. The molecule has 1 aromatic rings. The van der Waals surface area contributed by atoms with E-state index in [4.69, 9.17) is 0 Å². The minimum Gasteiger partial charge on any atom is -0.292 e. The van der Waals surface area contributed by atoms with Crippen molar-refractivity contribution in [1.29, 1.82) is 0 Å². The normalized spacial score (nSPS) is 22.4. The third-order valence-corrected chi connectivity index (χ3v) is 5.66. The number of benzene rings is 1. The molecule has 0 N–H and O–H groups in total. The van der Waals surface area contributed by atoms with Crippen LogP contribution >= 0.6 is 0 Å². The van der Waals surface area contributed by atoms with Crippen LogP contribution in [0, 0.1) is 13.8 Å². The number of rotatable bonds is 3. The van der Waals surface area contributed by atoms with E-state index in [1.807, 2.05) is 12.1 Å². The maximum absolute atomic E-state index is 13.4. The molecule has 3 rings (SSSR count). The first-order valence-electron chi connectivity index (χ1n) is 8.51. The monoisotopic (exact) mass is 285 g/mol. The van der Waals surface area contributed by atoms with E-state index in [0.29, 0.717) is 5.78 Å². The van der Waals surface area contributed by atoms with E-state index in [0.717, 1.165) is 31.5 Å². The molecule has 2 aliphatic rings. The third-order valence-electron chi connectivity index (χ3n) is 5.66. The maximum atomic E-state index is 13.4. The van der Waals surface area contributed by atoms with Crippen molar-refractivity contribution in [3.63, 3.8) is 0 Å². The van der Waals surface area contributed by atoms with Gasteiger partial charge in [-0.2, -0.15) is 0 Å². The molecule has 1 aliphatic heterocycles.